The SMILES string of the molecule is CCC1(CNC(=NC)NCc2ccccc2CS(=O)(=O)NC(C)C)CCC1.I. The molecule has 0 spiro atoms. The third kappa shape index (κ3) is 7.51. The third-order valence-electron chi connectivity index (χ3n) is 5.34. The van der Waals surface area contributed by atoms with Crippen molar-refractivity contribution in [2.45, 2.75) is 64.8 Å². The Balaban J connectivity index is 0.00000392. The Bertz CT molecular complexity index is 741. The van der Waals surface area contributed by atoms with E-state index in [1.807, 2.05) is 38.1 Å². The largest absolute Gasteiger partial charge is 0.356 e. The number of benzene rings is 1. The van der Waals surface area contributed by atoms with Crippen LogP contribution in [0.25, 0.3) is 0 Å². The van der Waals surface area contributed by atoms with Crippen molar-refractivity contribution in [2.75, 3.05) is 13.6 Å². The number of sulfonamides is 1. The van der Waals surface area contributed by atoms with E-state index in [4.69, 9.17) is 0 Å². The molecule has 3 N–H and O–H groups in total. The lowest BCUT2D eigenvalue weighted by molar-refractivity contribution is 0.131. The van der Waals surface area contributed by atoms with Crippen molar-refractivity contribution in [1.29, 1.82) is 0 Å². The molecule has 0 bridgehead atoms. The zero-order chi connectivity index (χ0) is 19.9. The van der Waals surface area contributed by atoms with Crippen molar-refractivity contribution in [3.63, 3.8) is 0 Å². The van der Waals surface area contributed by atoms with Gasteiger partial charge in [-0.05, 0) is 49.7 Å². The molecule has 1 saturated carbocycles. The predicted octanol–water partition coefficient (Wildman–Crippen LogP) is 3.38. The van der Waals surface area contributed by atoms with Gasteiger partial charge in [0.25, 0.3) is 0 Å². The number of rotatable bonds is 9. The third-order valence-corrected chi connectivity index (χ3v) is 6.87. The molecule has 1 fully saturated rings. The van der Waals surface area contributed by atoms with Crippen LogP contribution in [-0.4, -0.2) is 34.0 Å². The summed E-state index contributed by atoms with van der Waals surface area (Å²) in [7, 11) is -1.59. The summed E-state index contributed by atoms with van der Waals surface area (Å²) in [5.74, 6) is 0.737. The van der Waals surface area contributed by atoms with Crippen molar-refractivity contribution >= 4 is 40.0 Å². The molecule has 0 aliphatic heterocycles. The fourth-order valence-electron chi connectivity index (χ4n) is 3.48. The first kappa shape index (κ1) is 25.2. The summed E-state index contributed by atoms with van der Waals surface area (Å²) >= 11 is 0. The highest BCUT2D eigenvalue weighted by atomic mass is 127. The summed E-state index contributed by atoms with van der Waals surface area (Å²) in [4.78, 5) is 4.31. The number of nitrogens with zero attached hydrogens (tertiary/aromatic N) is 1. The van der Waals surface area contributed by atoms with Crippen LogP contribution in [0, 0.1) is 5.41 Å². The molecule has 28 heavy (non-hydrogen) atoms. The highest BCUT2D eigenvalue weighted by Crippen LogP contribution is 2.42. The second-order valence-corrected chi connectivity index (χ2v) is 9.54. The predicted molar refractivity (Wildman–Crippen MR) is 128 cm³/mol. The minimum atomic E-state index is -3.35. The molecule has 0 saturated heterocycles. The van der Waals surface area contributed by atoms with E-state index in [1.54, 1.807) is 7.05 Å². The molecule has 160 valence electrons. The number of guanidine groups is 1. The summed E-state index contributed by atoms with van der Waals surface area (Å²) in [6.07, 6.45) is 5.04. The average molecular weight is 522 g/mol. The molecule has 2 rings (SSSR count). The molecular weight excluding hydrogens is 487 g/mol. The summed E-state index contributed by atoms with van der Waals surface area (Å²) in [5, 5.41) is 6.76. The molecule has 0 unspecified atom stereocenters. The fraction of sp³-hybridized carbons (Fsp3) is 0.650. The van der Waals surface area contributed by atoms with Gasteiger partial charge in [-0.3, -0.25) is 4.99 Å². The molecule has 1 aliphatic rings. The van der Waals surface area contributed by atoms with Gasteiger partial charge in [-0.2, -0.15) is 0 Å². The van der Waals surface area contributed by atoms with Crippen LogP contribution in [0.5, 0.6) is 0 Å². The molecule has 1 aromatic carbocycles. The second-order valence-electron chi connectivity index (χ2n) is 7.79. The zero-order valence-corrected chi connectivity index (χ0v) is 20.6. The van der Waals surface area contributed by atoms with Gasteiger partial charge in [0.2, 0.25) is 10.0 Å². The number of hydrogen-bond donors (Lipinski definition) is 3. The quantitative estimate of drug-likeness (QED) is 0.264. The van der Waals surface area contributed by atoms with E-state index >= 15 is 0 Å². The van der Waals surface area contributed by atoms with Crippen LogP contribution in [0.4, 0.5) is 0 Å². The first-order valence-electron chi connectivity index (χ1n) is 9.80. The van der Waals surface area contributed by atoms with Crippen LogP contribution >= 0.6 is 24.0 Å². The van der Waals surface area contributed by atoms with Crippen LogP contribution < -0.4 is 15.4 Å². The van der Waals surface area contributed by atoms with E-state index in [0.717, 1.165) is 23.6 Å². The fourth-order valence-corrected chi connectivity index (χ4v) is 4.97. The van der Waals surface area contributed by atoms with Crippen molar-refractivity contribution in [3.8, 4) is 0 Å². The van der Waals surface area contributed by atoms with Crippen LogP contribution in [0.1, 0.15) is 57.6 Å². The normalized spacial score (nSPS) is 16.2. The maximum Gasteiger partial charge on any atom is 0.216 e. The monoisotopic (exact) mass is 522 g/mol. The number of halogens is 1. The lowest BCUT2D eigenvalue weighted by Gasteiger charge is -2.41. The molecule has 0 radical (unpaired) electrons. The Kier molecular flexibility index (Phi) is 10.2. The molecule has 1 aliphatic carbocycles. The van der Waals surface area contributed by atoms with Gasteiger partial charge in [-0.25, -0.2) is 13.1 Å². The van der Waals surface area contributed by atoms with Gasteiger partial charge >= 0.3 is 0 Å². The van der Waals surface area contributed by atoms with Crippen molar-refractivity contribution in [2.24, 2.45) is 10.4 Å². The molecule has 6 nitrogen and oxygen atoms in total. The van der Waals surface area contributed by atoms with Crippen LogP contribution in [0.3, 0.4) is 0 Å². The van der Waals surface area contributed by atoms with Crippen molar-refractivity contribution in [1.82, 2.24) is 15.4 Å². The Labute approximate surface area is 187 Å². The average Bonchev–Trinajstić information content (AvgIpc) is 2.56. The lowest BCUT2D eigenvalue weighted by atomic mass is 9.67. The summed E-state index contributed by atoms with van der Waals surface area (Å²) in [6, 6.07) is 7.52. The highest BCUT2D eigenvalue weighted by molar-refractivity contribution is 14.0. The topological polar surface area (TPSA) is 82.6 Å². The van der Waals surface area contributed by atoms with Crippen LogP contribution in [0.15, 0.2) is 29.3 Å². The molecule has 0 heterocycles. The van der Waals surface area contributed by atoms with Gasteiger partial charge in [-0.1, -0.05) is 37.6 Å². The van der Waals surface area contributed by atoms with E-state index in [1.165, 1.54) is 25.7 Å². The van der Waals surface area contributed by atoms with E-state index in [0.29, 0.717) is 12.0 Å². The lowest BCUT2D eigenvalue weighted by Crippen LogP contribution is -2.46. The number of nitrogens with one attached hydrogen (secondary N) is 3. The summed E-state index contributed by atoms with van der Waals surface area (Å²) in [5.41, 5.74) is 2.17. The number of aliphatic imine (C=N–C) groups is 1. The molecular formula is C20H35IN4O2S. The van der Waals surface area contributed by atoms with Gasteiger partial charge in [0, 0.05) is 26.2 Å². The Morgan fingerprint density at radius 1 is 1.18 bits per heavy atom. The van der Waals surface area contributed by atoms with Crippen LogP contribution in [0.2, 0.25) is 0 Å². The molecule has 0 amide bonds. The summed E-state index contributed by atoms with van der Waals surface area (Å²) < 4.78 is 27.2. The number of hydrogen-bond acceptors (Lipinski definition) is 3. The first-order chi connectivity index (χ1) is 12.8. The van der Waals surface area contributed by atoms with E-state index < -0.39 is 10.0 Å². The van der Waals surface area contributed by atoms with Gasteiger partial charge in [-0.15, -0.1) is 24.0 Å². The maximum atomic E-state index is 12.3. The van der Waals surface area contributed by atoms with Crippen LogP contribution in [-0.2, 0) is 22.3 Å². The van der Waals surface area contributed by atoms with Gasteiger partial charge in [0.1, 0.15) is 0 Å². The minimum absolute atomic E-state index is 0. The van der Waals surface area contributed by atoms with E-state index in [-0.39, 0.29) is 35.8 Å². The molecule has 1 aromatic rings. The van der Waals surface area contributed by atoms with Gasteiger partial charge in [0.15, 0.2) is 5.96 Å². The first-order valence-corrected chi connectivity index (χ1v) is 11.5. The standard InChI is InChI=1S/C20H34N4O2S.HI/c1-5-20(11-8-12-20)15-23-19(21-4)22-13-17-9-6-7-10-18(17)14-27(25,26)24-16(2)3;/h6-7,9-10,16,24H,5,8,11-15H2,1-4H3,(H2,21,22,23);1H. The highest BCUT2D eigenvalue weighted by Gasteiger charge is 2.34. The van der Waals surface area contributed by atoms with Crippen molar-refractivity contribution < 1.29 is 8.42 Å². The molecule has 0 atom stereocenters. The minimum Gasteiger partial charge on any atom is -0.356 e. The van der Waals surface area contributed by atoms with Gasteiger partial charge < -0.3 is 10.6 Å². The molecule has 0 aromatic heterocycles. The summed E-state index contributed by atoms with van der Waals surface area (Å²) in [6.45, 7) is 7.36. The Morgan fingerprint density at radius 3 is 2.32 bits per heavy atom. The van der Waals surface area contributed by atoms with E-state index in [9.17, 15) is 8.42 Å². The van der Waals surface area contributed by atoms with E-state index in [2.05, 4.69) is 27.3 Å². The van der Waals surface area contributed by atoms with Crippen molar-refractivity contribution in [3.05, 3.63) is 35.4 Å². The maximum absolute atomic E-state index is 12.3. The zero-order valence-electron chi connectivity index (χ0n) is 17.4. The smallest absolute Gasteiger partial charge is 0.216 e. The Hall–Kier alpha value is -0.870. The second kappa shape index (κ2) is 11.3. The van der Waals surface area contributed by atoms with Gasteiger partial charge in [0.05, 0.1) is 5.75 Å². The Morgan fingerprint density at radius 2 is 1.82 bits per heavy atom. The molecule has 8 heteroatoms.